The fourth-order valence-electron chi connectivity index (χ4n) is 1.59. The van der Waals surface area contributed by atoms with Crippen molar-refractivity contribution in [2.24, 2.45) is 5.92 Å². The Kier molecular flexibility index (Phi) is 3.53. The lowest BCUT2D eigenvalue weighted by atomic mass is 9.89. The van der Waals surface area contributed by atoms with Crippen LogP contribution in [0.1, 0.15) is 32.6 Å². The maximum atomic E-state index is 10.2. The molecule has 1 fully saturated rings. The summed E-state index contributed by atoms with van der Waals surface area (Å²) in [6.07, 6.45) is 4.58. The van der Waals surface area contributed by atoms with Crippen LogP contribution in [-0.2, 0) is 9.53 Å². The van der Waals surface area contributed by atoms with Gasteiger partial charge in [-0.25, -0.2) is 4.79 Å². The van der Waals surface area contributed by atoms with E-state index in [0.29, 0.717) is 0 Å². The van der Waals surface area contributed by atoms with Crippen LogP contribution in [0.4, 0.5) is 0 Å². The van der Waals surface area contributed by atoms with Crippen molar-refractivity contribution in [1.82, 2.24) is 0 Å². The van der Waals surface area contributed by atoms with Crippen LogP contribution in [0.2, 0.25) is 0 Å². The quantitative estimate of drug-likeness (QED) is 0.704. The molecule has 3 nitrogen and oxygen atoms in total. The normalized spacial score (nSPS) is 30.1. The van der Waals surface area contributed by atoms with Crippen molar-refractivity contribution in [2.45, 2.75) is 38.7 Å². The topological polar surface area (TPSA) is 46.5 Å². The number of ether oxygens (including phenoxy) is 1. The zero-order valence-electron chi connectivity index (χ0n) is 7.45. The number of carboxylic acid groups (broad SMARTS) is 1. The second-order valence-corrected chi connectivity index (χ2v) is 3.59. The number of carbonyl (C=O) groups is 1. The molecule has 0 saturated heterocycles. The summed E-state index contributed by atoms with van der Waals surface area (Å²) < 4.78 is 5.19. The largest absolute Gasteiger partial charge is 0.480 e. The predicted octanol–water partition coefficient (Wildman–Crippen LogP) is 1.67. The molecule has 0 aromatic heterocycles. The van der Waals surface area contributed by atoms with Gasteiger partial charge >= 0.3 is 5.97 Å². The summed E-state index contributed by atoms with van der Waals surface area (Å²) >= 11 is 0. The molecule has 1 saturated carbocycles. The van der Waals surface area contributed by atoms with E-state index < -0.39 is 5.97 Å². The first-order valence-corrected chi connectivity index (χ1v) is 4.52. The molecule has 1 aliphatic rings. The SMILES string of the molecule is CC1CCC(OCC(=O)O)CC1. The van der Waals surface area contributed by atoms with Gasteiger partial charge in [0.15, 0.2) is 0 Å². The number of hydrogen-bond acceptors (Lipinski definition) is 2. The van der Waals surface area contributed by atoms with E-state index in [9.17, 15) is 4.79 Å². The van der Waals surface area contributed by atoms with E-state index in [1.54, 1.807) is 0 Å². The van der Waals surface area contributed by atoms with Crippen LogP contribution in [-0.4, -0.2) is 23.8 Å². The van der Waals surface area contributed by atoms with Crippen molar-refractivity contribution >= 4 is 5.97 Å². The summed E-state index contributed by atoms with van der Waals surface area (Å²) in [6.45, 7) is 2.09. The molecule has 0 bridgehead atoms. The molecule has 0 unspecified atom stereocenters. The van der Waals surface area contributed by atoms with Crippen LogP contribution in [0, 0.1) is 5.92 Å². The first-order valence-electron chi connectivity index (χ1n) is 4.52. The van der Waals surface area contributed by atoms with E-state index in [0.717, 1.165) is 18.8 Å². The molecule has 1 rings (SSSR count). The third-order valence-electron chi connectivity index (χ3n) is 2.41. The van der Waals surface area contributed by atoms with Crippen LogP contribution in [0.5, 0.6) is 0 Å². The lowest BCUT2D eigenvalue weighted by Gasteiger charge is -2.25. The molecule has 3 heteroatoms. The zero-order valence-corrected chi connectivity index (χ0v) is 7.45. The van der Waals surface area contributed by atoms with Gasteiger partial charge in [-0.3, -0.25) is 0 Å². The Bertz CT molecular complexity index is 148. The predicted molar refractivity (Wildman–Crippen MR) is 45.0 cm³/mol. The van der Waals surface area contributed by atoms with Crippen LogP contribution in [0.25, 0.3) is 0 Å². The van der Waals surface area contributed by atoms with Crippen LogP contribution >= 0.6 is 0 Å². The highest BCUT2D eigenvalue weighted by atomic mass is 16.5. The highest BCUT2D eigenvalue weighted by Gasteiger charge is 2.18. The van der Waals surface area contributed by atoms with Gasteiger partial charge in [0, 0.05) is 0 Å². The lowest BCUT2D eigenvalue weighted by molar-refractivity contribution is -0.145. The van der Waals surface area contributed by atoms with E-state index >= 15 is 0 Å². The van der Waals surface area contributed by atoms with Crippen molar-refractivity contribution in [3.05, 3.63) is 0 Å². The summed E-state index contributed by atoms with van der Waals surface area (Å²) in [6, 6.07) is 0. The molecule has 0 spiro atoms. The molecule has 1 N–H and O–H groups in total. The number of aliphatic carboxylic acids is 1. The van der Waals surface area contributed by atoms with Gasteiger partial charge in [-0.05, 0) is 31.6 Å². The lowest BCUT2D eigenvalue weighted by Crippen LogP contribution is -2.23. The van der Waals surface area contributed by atoms with E-state index in [1.807, 2.05) is 0 Å². The van der Waals surface area contributed by atoms with Crippen LogP contribution in [0.15, 0.2) is 0 Å². The fraction of sp³-hybridized carbons (Fsp3) is 0.889. The molecule has 0 aliphatic heterocycles. The average Bonchev–Trinajstić information content (AvgIpc) is 2.03. The summed E-state index contributed by atoms with van der Waals surface area (Å²) in [5.74, 6) is -0.0803. The van der Waals surface area contributed by atoms with Gasteiger partial charge in [0.2, 0.25) is 0 Å². The van der Waals surface area contributed by atoms with Crippen molar-refractivity contribution in [1.29, 1.82) is 0 Å². The van der Waals surface area contributed by atoms with E-state index in [2.05, 4.69) is 6.92 Å². The molecule has 12 heavy (non-hydrogen) atoms. The van der Waals surface area contributed by atoms with Crippen molar-refractivity contribution in [3.63, 3.8) is 0 Å². The second-order valence-electron chi connectivity index (χ2n) is 3.59. The summed E-state index contributed by atoms with van der Waals surface area (Å²) in [5, 5.41) is 8.37. The number of rotatable bonds is 3. The van der Waals surface area contributed by atoms with Crippen molar-refractivity contribution in [2.75, 3.05) is 6.61 Å². The second kappa shape index (κ2) is 4.45. The van der Waals surface area contributed by atoms with E-state index in [-0.39, 0.29) is 12.7 Å². The third kappa shape index (κ3) is 3.22. The Morgan fingerprint density at radius 3 is 2.50 bits per heavy atom. The molecule has 0 atom stereocenters. The highest BCUT2D eigenvalue weighted by Crippen LogP contribution is 2.25. The molecule has 0 radical (unpaired) electrons. The summed E-state index contributed by atoms with van der Waals surface area (Å²) in [5.41, 5.74) is 0. The molecular weight excluding hydrogens is 156 g/mol. The summed E-state index contributed by atoms with van der Waals surface area (Å²) in [4.78, 5) is 10.2. The minimum absolute atomic E-state index is 0.140. The van der Waals surface area contributed by atoms with E-state index in [4.69, 9.17) is 9.84 Å². The molecular formula is C9H16O3. The Labute approximate surface area is 72.7 Å². The highest BCUT2D eigenvalue weighted by molar-refractivity contribution is 5.68. The van der Waals surface area contributed by atoms with Gasteiger partial charge in [-0.1, -0.05) is 6.92 Å². The Balaban J connectivity index is 2.13. The molecule has 1 aliphatic carbocycles. The van der Waals surface area contributed by atoms with Crippen molar-refractivity contribution < 1.29 is 14.6 Å². The minimum Gasteiger partial charge on any atom is -0.480 e. The standard InChI is InChI=1S/C9H16O3/c1-7-2-4-8(5-3-7)12-6-9(10)11/h7-8H,2-6H2,1H3,(H,10,11). The zero-order chi connectivity index (χ0) is 8.97. The molecule has 0 amide bonds. The third-order valence-corrected chi connectivity index (χ3v) is 2.41. The molecule has 0 aromatic rings. The average molecular weight is 172 g/mol. The Morgan fingerprint density at radius 2 is 2.00 bits per heavy atom. The Hall–Kier alpha value is -0.570. The van der Waals surface area contributed by atoms with E-state index in [1.165, 1.54) is 12.8 Å². The van der Waals surface area contributed by atoms with Gasteiger partial charge in [-0.2, -0.15) is 0 Å². The smallest absolute Gasteiger partial charge is 0.329 e. The Morgan fingerprint density at radius 1 is 1.42 bits per heavy atom. The maximum absolute atomic E-state index is 10.2. The van der Waals surface area contributed by atoms with Gasteiger partial charge < -0.3 is 9.84 Å². The van der Waals surface area contributed by atoms with Gasteiger partial charge in [-0.15, -0.1) is 0 Å². The first kappa shape index (κ1) is 9.52. The van der Waals surface area contributed by atoms with Crippen LogP contribution in [0.3, 0.4) is 0 Å². The first-order chi connectivity index (χ1) is 5.68. The molecule has 70 valence electrons. The monoisotopic (exact) mass is 172 g/mol. The minimum atomic E-state index is -0.867. The molecule has 0 heterocycles. The van der Waals surface area contributed by atoms with Gasteiger partial charge in [0.1, 0.15) is 6.61 Å². The van der Waals surface area contributed by atoms with Crippen LogP contribution < -0.4 is 0 Å². The number of hydrogen-bond donors (Lipinski definition) is 1. The maximum Gasteiger partial charge on any atom is 0.329 e. The summed E-state index contributed by atoms with van der Waals surface area (Å²) in [7, 11) is 0. The fourth-order valence-corrected chi connectivity index (χ4v) is 1.59. The van der Waals surface area contributed by atoms with Gasteiger partial charge in [0.25, 0.3) is 0 Å². The molecule has 0 aromatic carbocycles. The van der Waals surface area contributed by atoms with Crippen molar-refractivity contribution in [3.8, 4) is 0 Å². The number of carboxylic acids is 1. The van der Waals surface area contributed by atoms with Gasteiger partial charge in [0.05, 0.1) is 6.10 Å².